The fourth-order valence-electron chi connectivity index (χ4n) is 2.55. The number of aliphatic hydroxyl groups is 1. The van der Waals surface area contributed by atoms with E-state index in [1.165, 1.54) is 21.9 Å². The van der Waals surface area contributed by atoms with Gasteiger partial charge in [0, 0.05) is 5.02 Å². The minimum Gasteiger partial charge on any atom is -0.386 e. The molecule has 0 radical (unpaired) electrons. The molecule has 1 atom stereocenters. The first-order valence-corrected chi connectivity index (χ1v) is 8.35. The van der Waals surface area contributed by atoms with Crippen molar-refractivity contribution < 1.29 is 5.11 Å². The summed E-state index contributed by atoms with van der Waals surface area (Å²) >= 11 is 5.84. The molecule has 136 valence electrons. The second-order valence-electron chi connectivity index (χ2n) is 5.77. The molecule has 0 amide bonds. The van der Waals surface area contributed by atoms with Crippen LogP contribution in [0.4, 0.5) is 0 Å². The molecule has 11 heteroatoms. The van der Waals surface area contributed by atoms with Crippen LogP contribution in [0.5, 0.6) is 0 Å². The third-order valence-electron chi connectivity index (χ3n) is 3.91. The van der Waals surface area contributed by atoms with E-state index in [2.05, 4.69) is 30.6 Å². The maximum Gasteiger partial charge on any atom is 0.263 e. The quantitative estimate of drug-likeness (QED) is 0.530. The highest BCUT2D eigenvalue weighted by atomic mass is 35.5. The van der Waals surface area contributed by atoms with Crippen molar-refractivity contribution in [1.82, 2.24) is 40.0 Å². The predicted molar refractivity (Wildman–Crippen MR) is 94.9 cm³/mol. The molecule has 0 saturated carbocycles. The lowest BCUT2D eigenvalue weighted by molar-refractivity contribution is 0.144. The highest BCUT2D eigenvalue weighted by Gasteiger charge is 2.13. The topological polar surface area (TPSA) is 124 Å². The van der Waals surface area contributed by atoms with Gasteiger partial charge in [-0.25, -0.2) is 4.98 Å². The van der Waals surface area contributed by atoms with Gasteiger partial charge in [-0.1, -0.05) is 23.7 Å². The zero-order valence-electron chi connectivity index (χ0n) is 13.8. The van der Waals surface area contributed by atoms with Crippen molar-refractivity contribution in [3.05, 3.63) is 69.6 Å². The molecule has 27 heavy (non-hydrogen) atoms. The molecule has 0 aliphatic carbocycles. The molecular formula is C16H13ClN8O2. The van der Waals surface area contributed by atoms with Crippen molar-refractivity contribution in [3.8, 4) is 0 Å². The van der Waals surface area contributed by atoms with Crippen LogP contribution in [0.15, 0.2) is 47.7 Å². The number of aromatic nitrogens is 8. The number of hydrogen-bond donors (Lipinski definition) is 1. The summed E-state index contributed by atoms with van der Waals surface area (Å²) in [5.74, 6) is 0.323. The minimum atomic E-state index is -0.812. The van der Waals surface area contributed by atoms with Crippen LogP contribution in [0.3, 0.4) is 0 Å². The molecular weight excluding hydrogens is 372 g/mol. The zero-order valence-corrected chi connectivity index (χ0v) is 14.6. The van der Waals surface area contributed by atoms with Gasteiger partial charge in [0.15, 0.2) is 11.5 Å². The summed E-state index contributed by atoms with van der Waals surface area (Å²) in [7, 11) is 0. The second-order valence-corrected chi connectivity index (χ2v) is 6.21. The van der Waals surface area contributed by atoms with Crippen LogP contribution in [0.2, 0.25) is 5.02 Å². The summed E-state index contributed by atoms with van der Waals surface area (Å²) in [5.41, 5.74) is 0.697. The predicted octanol–water partition coefficient (Wildman–Crippen LogP) is 0.608. The number of aliphatic hydroxyl groups excluding tert-OH is 1. The number of hydrogen-bond acceptors (Lipinski definition) is 8. The van der Waals surface area contributed by atoms with E-state index in [1.54, 1.807) is 30.3 Å². The molecule has 1 N–H and O–H groups in total. The Morgan fingerprint density at radius 1 is 1.15 bits per heavy atom. The van der Waals surface area contributed by atoms with Gasteiger partial charge in [-0.2, -0.15) is 9.90 Å². The zero-order chi connectivity index (χ0) is 18.8. The summed E-state index contributed by atoms with van der Waals surface area (Å²) in [6, 6.07) is 8.41. The monoisotopic (exact) mass is 384 g/mol. The van der Waals surface area contributed by atoms with Crippen molar-refractivity contribution in [2.75, 3.05) is 0 Å². The maximum absolute atomic E-state index is 12.5. The minimum absolute atomic E-state index is 0.0983. The summed E-state index contributed by atoms with van der Waals surface area (Å²) < 4.78 is 1.36. The van der Waals surface area contributed by atoms with E-state index >= 15 is 0 Å². The Balaban J connectivity index is 1.50. The van der Waals surface area contributed by atoms with E-state index < -0.39 is 6.10 Å². The van der Waals surface area contributed by atoms with Gasteiger partial charge in [0.05, 0.1) is 24.7 Å². The highest BCUT2D eigenvalue weighted by molar-refractivity contribution is 6.30. The molecule has 1 unspecified atom stereocenters. The number of tetrazole rings is 1. The number of halogens is 1. The highest BCUT2D eigenvalue weighted by Crippen LogP contribution is 2.17. The lowest BCUT2D eigenvalue weighted by Gasteiger charge is -2.09. The third kappa shape index (κ3) is 3.66. The first kappa shape index (κ1) is 17.2. The fourth-order valence-corrected chi connectivity index (χ4v) is 2.67. The summed E-state index contributed by atoms with van der Waals surface area (Å²) in [5, 5.41) is 30.8. The summed E-state index contributed by atoms with van der Waals surface area (Å²) in [4.78, 5) is 17.8. The Morgan fingerprint density at radius 2 is 1.96 bits per heavy atom. The molecule has 3 heterocycles. The van der Waals surface area contributed by atoms with Crippen LogP contribution < -0.4 is 5.56 Å². The first-order chi connectivity index (χ1) is 13.1. The fraction of sp³-hybridized carbons (Fsp3) is 0.188. The molecule has 0 aliphatic rings. The van der Waals surface area contributed by atoms with E-state index in [9.17, 15) is 9.90 Å². The molecule has 4 rings (SSSR count). The molecule has 10 nitrogen and oxygen atoms in total. The van der Waals surface area contributed by atoms with E-state index in [1.807, 2.05) is 0 Å². The first-order valence-electron chi connectivity index (χ1n) is 7.97. The van der Waals surface area contributed by atoms with Crippen molar-refractivity contribution in [3.63, 3.8) is 0 Å². The van der Waals surface area contributed by atoms with Crippen molar-refractivity contribution >= 4 is 22.6 Å². The Kier molecular flexibility index (Phi) is 4.57. The van der Waals surface area contributed by atoms with Crippen molar-refractivity contribution in [1.29, 1.82) is 0 Å². The van der Waals surface area contributed by atoms with Crippen LogP contribution in [0.1, 0.15) is 17.5 Å². The van der Waals surface area contributed by atoms with E-state index in [0.717, 1.165) is 0 Å². The standard InChI is InChI=1S/C16H13ClN8O2/c17-11-3-1-10(2-4-11)13(26)7-25-22-14(20-23-25)8-24-9-18-15-12(16(24)27)5-6-19-21-15/h1-6,9,13,26H,7-8H2. The average molecular weight is 385 g/mol. The maximum atomic E-state index is 12.5. The van der Waals surface area contributed by atoms with E-state index in [0.29, 0.717) is 21.8 Å². The van der Waals surface area contributed by atoms with Gasteiger partial charge in [-0.15, -0.1) is 15.3 Å². The third-order valence-corrected chi connectivity index (χ3v) is 4.16. The van der Waals surface area contributed by atoms with Crippen LogP contribution >= 0.6 is 11.6 Å². The lowest BCUT2D eigenvalue weighted by atomic mass is 10.1. The smallest absolute Gasteiger partial charge is 0.263 e. The molecule has 4 aromatic rings. The Bertz CT molecular complexity index is 1140. The molecule has 3 aromatic heterocycles. The van der Waals surface area contributed by atoms with Gasteiger partial charge in [-0.3, -0.25) is 9.36 Å². The van der Waals surface area contributed by atoms with Gasteiger partial charge in [0.2, 0.25) is 0 Å². The van der Waals surface area contributed by atoms with Gasteiger partial charge < -0.3 is 5.11 Å². The van der Waals surface area contributed by atoms with Crippen LogP contribution in [0.25, 0.3) is 11.0 Å². The lowest BCUT2D eigenvalue weighted by Crippen LogP contribution is -2.22. The SMILES string of the molecule is O=c1c2ccnnc2ncn1Cc1nnn(CC(O)c2ccc(Cl)cc2)n1. The largest absolute Gasteiger partial charge is 0.386 e. The van der Waals surface area contributed by atoms with Crippen molar-refractivity contribution in [2.24, 2.45) is 0 Å². The summed E-state index contributed by atoms with van der Waals surface area (Å²) in [6.45, 7) is 0.218. The molecule has 0 fully saturated rings. The summed E-state index contributed by atoms with van der Waals surface area (Å²) in [6.07, 6.45) is 1.98. The Morgan fingerprint density at radius 3 is 2.78 bits per heavy atom. The molecule has 0 bridgehead atoms. The Labute approximate surface area is 157 Å². The molecule has 1 aromatic carbocycles. The van der Waals surface area contributed by atoms with Gasteiger partial charge in [0.25, 0.3) is 5.56 Å². The number of fused-ring (bicyclic) bond motifs is 1. The second kappa shape index (κ2) is 7.17. The number of benzene rings is 1. The Hall–Kier alpha value is -3.24. The number of rotatable bonds is 5. The number of nitrogens with zero attached hydrogens (tertiary/aromatic N) is 8. The van der Waals surface area contributed by atoms with E-state index in [-0.39, 0.29) is 24.3 Å². The van der Waals surface area contributed by atoms with Crippen molar-refractivity contribution in [2.45, 2.75) is 19.2 Å². The molecule has 0 aliphatic heterocycles. The van der Waals surface area contributed by atoms with Crippen LogP contribution in [0, 0.1) is 0 Å². The molecule has 0 saturated heterocycles. The normalized spacial score (nSPS) is 12.4. The van der Waals surface area contributed by atoms with Crippen LogP contribution in [-0.2, 0) is 13.1 Å². The average Bonchev–Trinajstić information content (AvgIpc) is 3.11. The molecule has 0 spiro atoms. The van der Waals surface area contributed by atoms with Gasteiger partial charge >= 0.3 is 0 Å². The van der Waals surface area contributed by atoms with Gasteiger partial charge in [0.1, 0.15) is 12.4 Å². The van der Waals surface area contributed by atoms with Gasteiger partial charge in [-0.05, 0) is 29.0 Å². The van der Waals surface area contributed by atoms with E-state index in [4.69, 9.17) is 11.6 Å². The van der Waals surface area contributed by atoms with Crippen LogP contribution in [-0.4, -0.2) is 45.1 Å².